The molecule has 2 aromatic carbocycles. The molecule has 8 N–H and O–H groups in total. The minimum Gasteiger partial charge on any atom is -0.399 e. The third-order valence-electron chi connectivity index (χ3n) is 6.04. The Morgan fingerprint density at radius 1 is 1.08 bits per heavy atom. The summed E-state index contributed by atoms with van der Waals surface area (Å²) in [5.41, 5.74) is 14.0. The maximum atomic E-state index is 13.4. The summed E-state index contributed by atoms with van der Waals surface area (Å²) in [7, 11) is 0. The summed E-state index contributed by atoms with van der Waals surface area (Å²) in [4.78, 5) is 43.5. The summed E-state index contributed by atoms with van der Waals surface area (Å²) in [5, 5.41) is 16.2. The monoisotopic (exact) mass is 532 g/mol. The smallest absolute Gasteiger partial charge is 0.294 e. The summed E-state index contributed by atoms with van der Waals surface area (Å²) in [5.74, 6) is -0.608. The van der Waals surface area contributed by atoms with Crippen LogP contribution in [-0.2, 0) is 17.9 Å². The van der Waals surface area contributed by atoms with Gasteiger partial charge in [0.25, 0.3) is 11.5 Å². The fourth-order valence-corrected chi connectivity index (χ4v) is 3.79. The molecule has 3 rings (SSSR count). The first-order valence-electron chi connectivity index (χ1n) is 12.8. The van der Waals surface area contributed by atoms with Crippen LogP contribution in [0.5, 0.6) is 0 Å². The number of nitrogen functional groups attached to an aromatic ring is 2. The molecule has 0 aliphatic carbocycles. The molecule has 0 aliphatic heterocycles. The molecule has 0 saturated heterocycles. The standard InChI is InChI=1S/C28H36N8O3/c1-5-17(4)35-27(38)21-10-20(11-22(29)12-21)23-14-33-26(34-16(2)3)28(39)36(23)15-24(37)32-13-18-6-8-19(9-7-18)25(30)31/h6-12,14,16-17H,5,13,15,29H2,1-4H3,(H3,30,31)(H,32,37)(H,33,34)(H,35,38)/t17-/m1/s1. The highest BCUT2D eigenvalue weighted by molar-refractivity contribution is 5.97. The number of hydrogen-bond donors (Lipinski definition) is 6. The first-order chi connectivity index (χ1) is 18.5. The molecule has 11 heteroatoms. The van der Waals surface area contributed by atoms with Gasteiger partial charge < -0.3 is 27.4 Å². The highest BCUT2D eigenvalue weighted by atomic mass is 16.2. The van der Waals surface area contributed by atoms with Crippen molar-refractivity contribution in [3.05, 3.63) is 75.7 Å². The van der Waals surface area contributed by atoms with Crippen molar-refractivity contribution in [3.63, 3.8) is 0 Å². The second kappa shape index (κ2) is 12.7. The van der Waals surface area contributed by atoms with Crippen LogP contribution in [0.3, 0.4) is 0 Å². The second-order valence-electron chi connectivity index (χ2n) is 9.70. The summed E-state index contributed by atoms with van der Waals surface area (Å²) < 4.78 is 1.32. The fourth-order valence-electron chi connectivity index (χ4n) is 3.79. The van der Waals surface area contributed by atoms with Crippen LogP contribution in [0, 0.1) is 5.41 Å². The lowest BCUT2D eigenvalue weighted by Gasteiger charge is -2.17. The fraction of sp³-hybridized carbons (Fsp3) is 0.321. The summed E-state index contributed by atoms with van der Waals surface area (Å²) in [6.45, 7) is 7.58. The van der Waals surface area contributed by atoms with Crippen molar-refractivity contribution in [2.24, 2.45) is 5.73 Å². The van der Waals surface area contributed by atoms with Gasteiger partial charge in [-0.3, -0.25) is 24.4 Å². The van der Waals surface area contributed by atoms with E-state index in [-0.39, 0.29) is 42.7 Å². The zero-order valence-electron chi connectivity index (χ0n) is 22.7. The topological polar surface area (TPSA) is 181 Å². The van der Waals surface area contributed by atoms with Gasteiger partial charge in [-0.2, -0.15) is 0 Å². The Morgan fingerprint density at radius 2 is 1.77 bits per heavy atom. The number of anilines is 2. The van der Waals surface area contributed by atoms with Gasteiger partial charge in [-0.1, -0.05) is 31.2 Å². The number of nitrogens with one attached hydrogen (secondary N) is 4. The summed E-state index contributed by atoms with van der Waals surface area (Å²) >= 11 is 0. The highest BCUT2D eigenvalue weighted by Crippen LogP contribution is 2.23. The Morgan fingerprint density at radius 3 is 2.38 bits per heavy atom. The predicted molar refractivity (Wildman–Crippen MR) is 154 cm³/mol. The summed E-state index contributed by atoms with van der Waals surface area (Å²) in [6.07, 6.45) is 2.26. The van der Waals surface area contributed by atoms with Crippen molar-refractivity contribution in [2.75, 3.05) is 11.1 Å². The Balaban J connectivity index is 1.93. The Kier molecular flexibility index (Phi) is 9.43. The highest BCUT2D eigenvalue weighted by Gasteiger charge is 2.18. The van der Waals surface area contributed by atoms with Crippen molar-refractivity contribution in [1.82, 2.24) is 20.2 Å². The molecule has 1 atom stereocenters. The molecule has 0 spiro atoms. The van der Waals surface area contributed by atoms with Gasteiger partial charge in [-0.25, -0.2) is 4.98 Å². The van der Waals surface area contributed by atoms with Crippen LogP contribution < -0.4 is 33.0 Å². The van der Waals surface area contributed by atoms with Crippen LogP contribution in [-0.4, -0.2) is 39.3 Å². The normalized spacial score (nSPS) is 11.6. The third-order valence-corrected chi connectivity index (χ3v) is 6.04. The van der Waals surface area contributed by atoms with Gasteiger partial charge in [0.1, 0.15) is 12.4 Å². The van der Waals surface area contributed by atoms with E-state index >= 15 is 0 Å². The van der Waals surface area contributed by atoms with E-state index in [1.807, 2.05) is 27.7 Å². The molecule has 0 saturated carbocycles. The molecule has 0 aliphatic rings. The molecule has 0 bridgehead atoms. The minimum absolute atomic E-state index is 0.0222. The number of carbonyl (C=O) groups is 2. The minimum atomic E-state index is -0.477. The molecular weight excluding hydrogens is 496 g/mol. The molecule has 11 nitrogen and oxygen atoms in total. The second-order valence-corrected chi connectivity index (χ2v) is 9.70. The van der Waals surface area contributed by atoms with Gasteiger partial charge in [0.2, 0.25) is 5.91 Å². The zero-order chi connectivity index (χ0) is 28.7. The molecule has 0 fully saturated rings. The molecule has 39 heavy (non-hydrogen) atoms. The number of nitrogens with two attached hydrogens (primary N) is 2. The van der Waals surface area contributed by atoms with Crippen LogP contribution in [0.4, 0.5) is 11.5 Å². The van der Waals surface area contributed by atoms with Crippen LogP contribution in [0.2, 0.25) is 0 Å². The summed E-state index contributed by atoms with van der Waals surface area (Å²) in [6, 6.07) is 11.7. The van der Waals surface area contributed by atoms with E-state index < -0.39 is 11.5 Å². The number of benzene rings is 2. The lowest BCUT2D eigenvalue weighted by atomic mass is 10.1. The number of carbonyl (C=O) groups excluding carboxylic acids is 2. The average molecular weight is 533 g/mol. The van der Waals surface area contributed by atoms with Crippen molar-refractivity contribution < 1.29 is 9.59 Å². The molecule has 0 unspecified atom stereocenters. The van der Waals surface area contributed by atoms with Gasteiger partial charge >= 0.3 is 0 Å². The number of aromatic nitrogens is 2. The molecule has 2 amide bonds. The average Bonchev–Trinajstić information content (AvgIpc) is 2.89. The van der Waals surface area contributed by atoms with E-state index in [0.29, 0.717) is 28.1 Å². The third kappa shape index (κ3) is 7.67. The first kappa shape index (κ1) is 28.9. The van der Waals surface area contributed by atoms with Gasteiger partial charge in [0, 0.05) is 41.0 Å². The van der Waals surface area contributed by atoms with Crippen molar-refractivity contribution in [1.29, 1.82) is 5.41 Å². The molecule has 1 heterocycles. The number of nitrogens with zero attached hydrogens (tertiary/aromatic N) is 2. The largest absolute Gasteiger partial charge is 0.399 e. The van der Waals surface area contributed by atoms with E-state index in [1.165, 1.54) is 10.8 Å². The zero-order valence-corrected chi connectivity index (χ0v) is 22.7. The van der Waals surface area contributed by atoms with Crippen molar-refractivity contribution >= 4 is 29.2 Å². The van der Waals surface area contributed by atoms with Crippen LogP contribution in [0.1, 0.15) is 55.6 Å². The lowest BCUT2D eigenvalue weighted by Crippen LogP contribution is -2.35. The quantitative estimate of drug-likeness (QED) is 0.125. The SMILES string of the molecule is CC[C@@H](C)NC(=O)c1cc(N)cc(-c2cnc(NC(C)C)c(=O)n2CC(=O)NCc2ccc(C(=N)N)cc2)c1. The maximum Gasteiger partial charge on any atom is 0.294 e. The molecule has 3 aromatic rings. The van der Waals surface area contributed by atoms with Crippen LogP contribution >= 0.6 is 0 Å². The van der Waals surface area contributed by atoms with E-state index in [9.17, 15) is 14.4 Å². The van der Waals surface area contributed by atoms with E-state index in [0.717, 1.165) is 12.0 Å². The van der Waals surface area contributed by atoms with Crippen molar-refractivity contribution in [2.45, 2.75) is 59.3 Å². The first-order valence-corrected chi connectivity index (χ1v) is 12.8. The molecule has 206 valence electrons. The molecular formula is C28H36N8O3. The van der Waals surface area contributed by atoms with Gasteiger partial charge in [0.15, 0.2) is 5.82 Å². The van der Waals surface area contributed by atoms with E-state index in [1.54, 1.807) is 42.5 Å². The Labute approximate surface area is 227 Å². The maximum absolute atomic E-state index is 13.4. The lowest BCUT2D eigenvalue weighted by molar-refractivity contribution is -0.121. The number of hydrogen-bond acceptors (Lipinski definition) is 7. The van der Waals surface area contributed by atoms with Gasteiger partial charge in [-0.15, -0.1) is 0 Å². The van der Waals surface area contributed by atoms with Gasteiger partial charge in [-0.05, 0) is 51.0 Å². The van der Waals surface area contributed by atoms with Crippen LogP contribution in [0.25, 0.3) is 11.3 Å². The van der Waals surface area contributed by atoms with Gasteiger partial charge in [0.05, 0.1) is 11.9 Å². The van der Waals surface area contributed by atoms with Crippen molar-refractivity contribution in [3.8, 4) is 11.3 Å². The van der Waals surface area contributed by atoms with E-state index in [4.69, 9.17) is 16.9 Å². The number of rotatable bonds is 11. The Bertz CT molecular complexity index is 1410. The molecule has 1 aromatic heterocycles. The number of amidine groups is 1. The number of amides is 2. The van der Waals surface area contributed by atoms with Crippen LogP contribution in [0.15, 0.2) is 53.5 Å². The van der Waals surface area contributed by atoms with E-state index in [2.05, 4.69) is 20.9 Å². The Hall–Kier alpha value is -4.67. The molecule has 0 radical (unpaired) electrons. The predicted octanol–water partition coefficient (Wildman–Crippen LogP) is 2.44.